The average molecular weight is 295 g/mol. The van der Waals surface area contributed by atoms with E-state index in [9.17, 15) is 24.9 Å². The van der Waals surface area contributed by atoms with Crippen LogP contribution in [0.5, 0.6) is 11.5 Å². The van der Waals surface area contributed by atoms with E-state index >= 15 is 0 Å². The van der Waals surface area contributed by atoms with Crippen molar-refractivity contribution in [1.82, 2.24) is 0 Å². The standard InChI is InChI=1S/C14H11ClO5/c15-7-3-5-6(4-10(7)18)14(20)12-9(17)2-1-8(16)11(12)13(5)19/h1-2,7,10,16-18H,3-4H2. The number of rotatable bonds is 0. The number of carbonyl (C=O) groups is 2. The molecule has 0 bridgehead atoms. The number of phenolic OH excluding ortho intramolecular Hbond substituents is 2. The van der Waals surface area contributed by atoms with E-state index in [-0.39, 0.29) is 46.6 Å². The number of ketones is 2. The van der Waals surface area contributed by atoms with Gasteiger partial charge in [0.05, 0.1) is 22.6 Å². The van der Waals surface area contributed by atoms with Crippen molar-refractivity contribution in [3.05, 3.63) is 34.4 Å². The molecular formula is C14H11ClO5. The topological polar surface area (TPSA) is 94.8 Å². The molecule has 0 saturated heterocycles. The molecule has 0 saturated carbocycles. The number of phenols is 2. The highest BCUT2D eigenvalue weighted by atomic mass is 35.5. The summed E-state index contributed by atoms with van der Waals surface area (Å²) in [5.74, 6) is -1.75. The Bertz CT molecular complexity index is 619. The van der Waals surface area contributed by atoms with Crippen molar-refractivity contribution >= 4 is 23.2 Å². The van der Waals surface area contributed by atoms with Gasteiger partial charge in [0, 0.05) is 17.6 Å². The summed E-state index contributed by atoms with van der Waals surface area (Å²) in [6.07, 6.45) is -0.868. The van der Waals surface area contributed by atoms with E-state index in [2.05, 4.69) is 0 Å². The number of Topliss-reactive ketones (excluding diaryl/α,β-unsaturated/α-hetero) is 2. The van der Waals surface area contributed by atoms with Crippen molar-refractivity contribution in [1.29, 1.82) is 0 Å². The molecule has 5 nitrogen and oxygen atoms in total. The van der Waals surface area contributed by atoms with Crippen molar-refractivity contribution in [2.45, 2.75) is 24.3 Å². The van der Waals surface area contributed by atoms with E-state index in [0.717, 1.165) is 6.07 Å². The summed E-state index contributed by atoms with van der Waals surface area (Å²) < 4.78 is 0. The van der Waals surface area contributed by atoms with Crippen LogP contribution in [0.1, 0.15) is 33.6 Å². The minimum absolute atomic E-state index is 0.0252. The first-order chi connectivity index (χ1) is 9.41. The van der Waals surface area contributed by atoms with Crippen molar-refractivity contribution in [3.63, 3.8) is 0 Å². The fourth-order valence-corrected chi connectivity index (χ4v) is 2.96. The van der Waals surface area contributed by atoms with E-state index in [0.29, 0.717) is 0 Å². The molecule has 0 aromatic heterocycles. The van der Waals surface area contributed by atoms with Crippen molar-refractivity contribution < 1.29 is 24.9 Å². The molecule has 0 amide bonds. The lowest BCUT2D eigenvalue weighted by Crippen LogP contribution is -2.34. The normalized spacial score (nSPS) is 25.5. The van der Waals surface area contributed by atoms with Gasteiger partial charge in [0.25, 0.3) is 0 Å². The fourth-order valence-electron chi connectivity index (χ4n) is 2.72. The lowest BCUT2D eigenvalue weighted by atomic mass is 9.76. The Morgan fingerprint density at radius 3 is 1.90 bits per heavy atom. The van der Waals surface area contributed by atoms with E-state index in [1.807, 2.05) is 0 Å². The molecule has 0 fully saturated rings. The molecule has 1 aromatic carbocycles. The largest absolute Gasteiger partial charge is 0.507 e. The van der Waals surface area contributed by atoms with Crippen molar-refractivity contribution in [2.24, 2.45) is 0 Å². The summed E-state index contributed by atoms with van der Waals surface area (Å²) in [6.45, 7) is 0. The molecule has 2 aliphatic rings. The third-order valence-electron chi connectivity index (χ3n) is 3.76. The molecule has 3 N–H and O–H groups in total. The van der Waals surface area contributed by atoms with Gasteiger partial charge in [-0.3, -0.25) is 9.59 Å². The quantitative estimate of drug-likeness (QED) is 0.498. The number of benzene rings is 1. The van der Waals surface area contributed by atoms with Gasteiger partial charge in [-0.05, 0) is 18.6 Å². The zero-order valence-corrected chi connectivity index (χ0v) is 11.0. The molecule has 0 spiro atoms. The van der Waals surface area contributed by atoms with Crippen LogP contribution in [-0.4, -0.2) is 38.4 Å². The van der Waals surface area contributed by atoms with Crippen LogP contribution in [-0.2, 0) is 0 Å². The van der Waals surface area contributed by atoms with E-state index in [1.165, 1.54) is 6.07 Å². The van der Waals surface area contributed by atoms with E-state index in [1.54, 1.807) is 0 Å². The molecule has 0 heterocycles. The van der Waals surface area contributed by atoms with Crippen LogP contribution >= 0.6 is 11.6 Å². The summed E-state index contributed by atoms with van der Waals surface area (Å²) in [6, 6.07) is 2.33. The zero-order chi connectivity index (χ0) is 14.6. The second-order valence-electron chi connectivity index (χ2n) is 4.96. The smallest absolute Gasteiger partial charge is 0.194 e. The number of hydrogen-bond donors (Lipinski definition) is 3. The molecule has 0 aliphatic heterocycles. The Morgan fingerprint density at radius 1 is 0.950 bits per heavy atom. The van der Waals surface area contributed by atoms with Gasteiger partial charge in [-0.25, -0.2) is 0 Å². The van der Waals surface area contributed by atoms with Gasteiger partial charge in [0.15, 0.2) is 11.6 Å². The van der Waals surface area contributed by atoms with Crippen LogP contribution in [0, 0.1) is 0 Å². The minimum Gasteiger partial charge on any atom is -0.507 e. The number of carbonyl (C=O) groups excluding carboxylic acids is 2. The van der Waals surface area contributed by atoms with Crippen LogP contribution in [0.25, 0.3) is 0 Å². The SMILES string of the molecule is O=C1C2=C(CC(Cl)C(O)C2)C(=O)c2c(O)ccc(O)c21. The predicted octanol–water partition coefficient (Wildman–Crippen LogP) is 1.54. The monoisotopic (exact) mass is 294 g/mol. The first kappa shape index (κ1) is 13.1. The van der Waals surface area contributed by atoms with Crippen LogP contribution < -0.4 is 0 Å². The first-order valence-electron chi connectivity index (χ1n) is 6.10. The maximum Gasteiger partial charge on any atom is 0.194 e. The first-order valence-corrected chi connectivity index (χ1v) is 6.54. The Balaban J connectivity index is 2.24. The summed E-state index contributed by atoms with van der Waals surface area (Å²) in [5.41, 5.74) is 0.00415. The van der Waals surface area contributed by atoms with Gasteiger partial charge in [0.2, 0.25) is 0 Å². The molecule has 0 radical (unpaired) electrons. The molecular weight excluding hydrogens is 284 g/mol. The summed E-state index contributed by atoms with van der Waals surface area (Å²) >= 11 is 5.94. The average Bonchev–Trinajstić information content (AvgIpc) is 2.41. The van der Waals surface area contributed by atoms with Crippen LogP contribution in [0.15, 0.2) is 23.3 Å². The lowest BCUT2D eigenvalue weighted by molar-refractivity contribution is 0.0927. The second kappa shape index (κ2) is 4.33. The molecule has 3 rings (SSSR count). The van der Waals surface area contributed by atoms with Crippen LogP contribution in [0.3, 0.4) is 0 Å². The zero-order valence-electron chi connectivity index (χ0n) is 10.3. The Labute approximate surface area is 119 Å². The van der Waals surface area contributed by atoms with Crippen molar-refractivity contribution in [2.75, 3.05) is 0 Å². The Kier molecular flexibility index (Phi) is 2.84. The maximum atomic E-state index is 12.4. The number of halogens is 1. The summed E-state index contributed by atoms with van der Waals surface area (Å²) in [5, 5.41) is 28.7. The second-order valence-corrected chi connectivity index (χ2v) is 5.52. The lowest BCUT2D eigenvalue weighted by Gasteiger charge is -2.30. The number of aliphatic hydroxyl groups is 1. The molecule has 2 unspecified atom stereocenters. The molecule has 20 heavy (non-hydrogen) atoms. The Hall–Kier alpha value is -1.85. The molecule has 2 atom stereocenters. The summed E-state index contributed by atoms with van der Waals surface area (Å²) in [7, 11) is 0. The van der Waals surface area contributed by atoms with Crippen LogP contribution in [0.2, 0.25) is 0 Å². The van der Waals surface area contributed by atoms with Gasteiger partial charge >= 0.3 is 0 Å². The number of fused-ring (bicyclic) bond motifs is 1. The molecule has 104 valence electrons. The highest BCUT2D eigenvalue weighted by Gasteiger charge is 2.41. The Morgan fingerprint density at radius 2 is 1.40 bits per heavy atom. The minimum atomic E-state index is -0.909. The highest BCUT2D eigenvalue weighted by Crippen LogP contribution is 2.42. The van der Waals surface area contributed by atoms with Crippen molar-refractivity contribution in [3.8, 4) is 11.5 Å². The molecule has 2 aliphatic carbocycles. The van der Waals surface area contributed by atoms with Gasteiger partial charge < -0.3 is 15.3 Å². The van der Waals surface area contributed by atoms with E-state index in [4.69, 9.17) is 11.6 Å². The molecule has 1 aromatic rings. The number of alkyl halides is 1. The van der Waals surface area contributed by atoms with Gasteiger partial charge in [-0.2, -0.15) is 0 Å². The van der Waals surface area contributed by atoms with E-state index < -0.39 is 23.0 Å². The highest BCUT2D eigenvalue weighted by molar-refractivity contribution is 6.30. The predicted molar refractivity (Wildman–Crippen MR) is 70.3 cm³/mol. The fraction of sp³-hybridized carbons (Fsp3) is 0.286. The number of hydrogen-bond acceptors (Lipinski definition) is 5. The van der Waals surface area contributed by atoms with Gasteiger partial charge in [-0.15, -0.1) is 11.6 Å². The third-order valence-corrected chi connectivity index (χ3v) is 4.20. The summed E-state index contributed by atoms with van der Waals surface area (Å²) in [4.78, 5) is 24.8. The number of aromatic hydroxyl groups is 2. The maximum absolute atomic E-state index is 12.4. The number of allylic oxidation sites excluding steroid dienone is 1. The van der Waals surface area contributed by atoms with Gasteiger partial charge in [0.1, 0.15) is 11.5 Å². The third kappa shape index (κ3) is 1.67. The number of aliphatic hydroxyl groups excluding tert-OH is 1. The van der Waals surface area contributed by atoms with Gasteiger partial charge in [-0.1, -0.05) is 0 Å². The van der Waals surface area contributed by atoms with Crippen LogP contribution in [0.4, 0.5) is 0 Å². The molecule has 6 heteroatoms.